The van der Waals surface area contributed by atoms with Gasteiger partial charge in [0.2, 0.25) is 0 Å². The lowest BCUT2D eigenvalue weighted by Crippen LogP contribution is -2.36. The van der Waals surface area contributed by atoms with Crippen molar-refractivity contribution in [1.29, 1.82) is 0 Å². The zero-order valence-corrected chi connectivity index (χ0v) is 21.9. The van der Waals surface area contributed by atoms with E-state index < -0.39 is 7.60 Å². The SMILES string of the molecule is COCCC(C)(C)c1cc(C(C)(C)C)cc(C(C)(C)CCOC)c1P(=O)(OC)OC. The largest absolute Gasteiger partial charge is 0.385 e. The molecule has 0 radical (unpaired) electrons. The smallest absolute Gasteiger partial charge is 0.361 e. The van der Waals surface area contributed by atoms with Crippen molar-refractivity contribution in [1.82, 2.24) is 0 Å². The molecule has 0 unspecified atom stereocenters. The van der Waals surface area contributed by atoms with Gasteiger partial charge in [-0.25, -0.2) is 0 Å². The highest BCUT2D eigenvalue weighted by molar-refractivity contribution is 7.62. The third-order valence-corrected chi connectivity index (χ3v) is 8.04. The standard InChI is InChI=1S/C24H43O5P/c1-22(2,3)18-16-19(23(4,5)12-14-26-8)21(30(25,28-10)29-11)20(17-18)24(6,7)13-15-27-9/h16-17H,12-15H2,1-11H3. The summed E-state index contributed by atoms with van der Waals surface area (Å²) in [5.74, 6) is 0. The lowest BCUT2D eigenvalue weighted by molar-refractivity contribution is 0.173. The number of methoxy groups -OCH3 is 2. The number of ether oxygens (including phenoxy) is 2. The third-order valence-electron chi connectivity index (χ3n) is 6.05. The minimum atomic E-state index is -3.52. The highest BCUT2D eigenvalue weighted by Crippen LogP contribution is 2.52. The van der Waals surface area contributed by atoms with Crippen molar-refractivity contribution in [3.05, 3.63) is 28.8 Å². The lowest BCUT2D eigenvalue weighted by Gasteiger charge is -2.37. The van der Waals surface area contributed by atoms with Gasteiger partial charge in [0.15, 0.2) is 0 Å². The Morgan fingerprint density at radius 2 is 1.10 bits per heavy atom. The third kappa shape index (κ3) is 6.17. The quantitative estimate of drug-likeness (QED) is 0.410. The average Bonchev–Trinajstić information content (AvgIpc) is 2.68. The van der Waals surface area contributed by atoms with Crippen LogP contribution < -0.4 is 5.30 Å². The molecule has 0 amide bonds. The Hall–Kier alpha value is -0.710. The molecule has 0 aliphatic rings. The van der Waals surface area contributed by atoms with Crippen LogP contribution in [0, 0.1) is 0 Å². The number of hydrogen-bond acceptors (Lipinski definition) is 5. The van der Waals surface area contributed by atoms with E-state index in [-0.39, 0.29) is 16.2 Å². The summed E-state index contributed by atoms with van der Waals surface area (Å²) in [5.41, 5.74) is 2.56. The number of rotatable bonds is 11. The first-order valence-corrected chi connectivity index (χ1v) is 12.1. The summed E-state index contributed by atoms with van der Waals surface area (Å²) >= 11 is 0. The molecule has 1 aromatic carbocycles. The summed E-state index contributed by atoms with van der Waals surface area (Å²) in [6.07, 6.45) is 1.57. The first-order chi connectivity index (χ1) is 13.7. The van der Waals surface area contributed by atoms with E-state index in [4.69, 9.17) is 18.5 Å². The molecular weight excluding hydrogens is 399 g/mol. The predicted molar refractivity (Wildman–Crippen MR) is 125 cm³/mol. The van der Waals surface area contributed by atoms with Crippen molar-refractivity contribution in [2.45, 2.75) is 77.6 Å². The Morgan fingerprint density at radius 3 is 1.37 bits per heavy atom. The molecular formula is C24H43O5P. The Kier molecular flexibility index (Phi) is 9.36. The van der Waals surface area contributed by atoms with Crippen LogP contribution in [-0.4, -0.2) is 41.7 Å². The molecule has 1 rings (SSSR count). The molecule has 0 atom stereocenters. The van der Waals surface area contributed by atoms with Crippen LogP contribution in [0.2, 0.25) is 0 Å². The number of hydrogen-bond donors (Lipinski definition) is 0. The maximum atomic E-state index is 13.9. The molecule has 174 valence electrons. The maximum absolute atomic E-state index is 13.9. The first kappa shape index (κ1) is 27.3. The minimum Gasteiger partial charge on any atom is -0.385 e. The summed E-state index contributed by atoms with van der Waals surface area (Å²) in [6, 6.07) is 4.37. The van der Waals surface area contributed by atoms with Crippen LogP contribution in [0.15, 0.2) is 12.1 Å². The molecule has 1 aromatic rings. The Labute approximate surface area is 184 Å². The van der Waals surface area contributed by atoms with Crippen LogP contribution in [0.3, 0.4) is 0 Å². The van der Waals surface area contributed by atoms with E-state index in [1.807, 2.05) is 0 Å². The van der Waals surface area contributed by atoms with Crippen LogP contribution in [0.1, 0.15) is 78.0 Å². The fourth-order valence-electron chi connectivity index (χ4n) is 3.64. The second-order valence-corrected chi connectivity index (χ2v) is 12.5. The van der Waals surface area contributed by atoms with Gasteiger partial charge in [0, 0.05) is 41.7 Å². The van der Waals surface area contributed by atoms with Crippen LogP contribution in [0.4, 0.5) is 0 Å². The van der Waals surface area contributed by atoms with Crippen LogP contribution >= 0.6 is 7.60 Å². The van der Waals surface area contributed by atoms with Crippen LogP contribution in [-0.2, 0) is 39.3 Å². The van der Waals surface area contributed by atoms with Crippen molar-refractivity contribution in [2.24, 2.45) is 0 Å². The topological polar surface area (TPSA) is 54.0 Å². The van der Waals surface area contributed by atoms with Gasteiger partial charge in [-0.2, -0.15) is 0 Å². The molecule has 0 aliphatic carbocycles. The molecule has 0 aromatic heterocycles. The Morgan fingerprint density at radius 1 is 0.733 bits per heavy atom. The van der Waals surface area contributed by atoms with Crippen molar-refractivity contribution in [3.8, 4) is 0 Å². The van der Waals surface area contributed by atoms with Crippen molar-refractivity contribution in [3.63, 3.8) is 0 Å². The van der Waals surface area contributed by atoms with Gasteiger partial charge in [-0.3, -0.25) is 4.57 Å². The van der Waals surface area contributed by atoms with Crippen LogP contribution in [0.25, 0.3) is 0 Å². The zero-order chi connectivity index (χ0) is 23.4. The molecule has 0 aliphatic heterocycles. The van der Waals surface area contributed by atoms with Gasteiger partial charge in [0.05, 0.1) is 5.30 Å². The Balaban J connectivity index is 4.05. The monoisotopic (exact) mass is 442 g/mol. The van der Waals surface area contributed by atoms with E-state index in [2.05, 4.69) is 60.6 Å². The fraction of sp³-hybridized carbons (Fsp3) is 0.750. The van der Waals surface area contributed by atoms with E-state index in [1.165, 1.54) is 19.8 Å². The first-order valence-electron chi connectivity index (χ1n) is 10.6. The zero-order valence-electron chi connectivity index (χ0n) is 21.0. The normalized spacial score (nSPS) is 13.7. The molecule has 0 N–H and O–H groups in total. The molecule has 0 fully saturated rings. The summed E-state index contributed by atoms with van der Waals surface area (Å²) in [4.78, 5) is 0. The average molecular weight is 443 g/mol. The minimum absolute atomic E-state index is 0.0686. The maximum Gasteiger partial charge on any atom is 0.361 e. The predicted octanol–water partition coefficient (Wildman–Crippen LogP) is 5.72. The van der Waals surface area contributed by atoms with Crippen molar-refractivity contribution >= 4 is 12.9 Å². The molecule has 0 heterocycles. The second kappa shape index (κ2) is 10.3. The van der Waals surface area contributed by atoms with Gasteiger partial charge >= 0.3 is 7.60 Å². The molecule has 0 saturated carbocycles. The van der Waals surface area contributed by atoms with Gasteiger partial charge in [0.1, 0.15) is 0 Å². The van der Waals surface area contributed by atoms with Gasteiger partial charge in [0.25, 0.3) is 0 Å². The molecule has 30 heavy (non-hydrogen) atoms. The van der Waals surface area contributed by atoms with Crippen molar-refractivity contribution in [2.75, 3.05) is 41.7 Å². The van der Waals surface area contributed by atoms with Gasteiger partial charge in [-0.1, -0.05) is 60.6 Å². The van der Waals surface area contributed by atoms with Gasteiger partial charge in [-0.15, -0.1) is 0 Å². The molecule has 6 heteroatoms. The van der Waals surface area contributed by atoms with E-state index in [0.29, 0.717) is 18.5 Å². The second-order valence-electron chi connectivity index (χ2n) is 10.3. The molecule has 0 saturated heterocycles. The Bertz CT molecular complexity index is 697. The lowest BCUT2D eigenvalue weighted by atomic mass is 9.72. The highest BCUT2D eigenvalue weighted by atomic mass is 31.2. The van der Waals surface area contributed by atoms with Crippen molar-refractivity contribution < 1.29 is 23.1 Å². The van der Waals surface area contributed by atoms with E-state index in [1.54, 1.807) is 14.2 Å². The summed E-state index contributed by atoms with van der Waals surface area (Å²) in [5, 5.41) is 0.683. The summed E-state index contributed by atoms with van der Waals surface area (Å²) in [7, 11) is 2.81. The summed E-state index contributed by atoms with van der Waals surface area (Å²) < 4.78 is 35.7. The van der Waals surface area contributed by atoms with E-state index in [0.717, 1.165) is 24.0 Å². The van der Waals surface area contributed by atoms with E-state index >= 15 is 0 Å². The molecule has 0 bridgehead atoms. The van der Waals surface area contributed by atoms with Gasteiger partial charge in [-0.05, 0) is 45.8 Å². The number of benzene rings is 1. The molecule has 0 spiro atoms. The van der Waals surface area contributed by atoms with Crippen LogP contribution in [0.5, 0.6) is 0 Å². The van der Waals surface area contributed by atoms with E-state index in [9.17, 15) is 4.57 Å². The van der Waals surface area contributed by atoms with Gasteiger partial charge < -0.3 is 18.5 Å². The highest BCUT2D eigenvalue weighted by Gasteiger charge is 2.41. The fourth-order valence-corrected chi connectivity index (χ4v) is 5.47. The summed E-state index contributed by atoms with van der Waals surface area (Å²) in [6.45, 7) is 16.5. The molecule has 5 nitrogen and oxygen atoms in total.